The zero-order valence-corrected chi connectivity index (χ0v) is 59.4. The summed E-state index contributed by atoms with van der Waals surface area (Å²) in [6.07, 6.45) is 5.62. The van der Waals surface area contributed by atoms with Gasteiger partial charge in [-0.15, -0.1) is 0 Å². The van der Waals surface area contributed by atoms with Crippen molar-refractivity contribution in [2.24, 2.45) is 0 Å². The second-order valence-electron chi connectivity index (χ2n) is 27.5. The normalized spacial score (nSPS) is 11.5. The summed E-state index contributed by atoms with van der Waals surface area (Å²) < 4.78 is 4.65. The van der Waals surface area contributed by atoms with Crippen LogP contribution in [-0.4, -0.2) is 49.0 Å². The molecule has 14 aromatic carbocycles. The maximum atomic E-state index is 5.15. The van der Waals surface area contributed by atoms with E-state index in [0.29, 0.717) is 23.3 Å². The quantitative estimate of drug-likeness (QED) is 0.119. The largest absolute Gasteiger partial charge is 0.309 e. The van der Waals surface area contributed by atoms with Gasteiger partial charge in [-0.1, -0.05) is 249 Å². The number of benzene rings is 14. The van der Waals surface area contributed by atoms with Gasteiger partial charge in [0.25, 0.3) is 0 Å². The number of pyridine rings is 3. The molecule has 0 saturated carbocycles. The Labute approximate surface area is 634 Å². The van der Waals surface area contributed by atoms with Gasteiger partial charge in [0, 0.05) is 102 Å². The summed E-state index contributed by atoms with van der Waals surface area (Å²) in [6, 6.07) is 129. The van der Waals surface area contributed by atoms with E-state index in [-0.39, 0.29) is 0 Å². The van der Waals surface area contributed by atoms with Crippen LogP contribution in [0.2, 0.25) is 0 Å². The van der Waals surface area contributed by atoms with Crippen LogP contribution in [0.4, 0.5) is 0 Å². The van der Waals surface area contributed by atoms with Crippen molar-refractivity contribution >= 4 is 75.9 Å². The van der Waals surface area contributed by atoms with Gasteiger partial charge in [0.05, 0.1) is 50.5 Å². The van der Waals surface area contributed by atoms with E-state index in [1.54, 1.807) is 0 Å². The fourth-order valence-corrected chi connectivity index (χ4v) is 15.2. The molecular formula is C100H64N10. The van der Waals surface area contributed by atoms with Crippen LogP contribution < -0.4 is 0 Å². The lowest BCUT2D eigenvalue weighted by molar-refractivity contribution is 1.07. The van der Waals surface area contributed by atoms with Gasteiger partial charge in [0.1, 0.15) is 0 Å². The summed E-state index contributed by atoms with van der Waals surface area (Å²) in [5.74, 6) is 2.32. The number of hydrogen-bond acceptors (Lipinski definition) is 8. The summed E-state index contributed by atoms with van der Waals surface area (Å²) in [7, 11) is 0. The molecule has 0 radical (unpaired) electrons. The summed E-state index contributed by atoms with van der Waals surface area (Å²) in [5.41, 5.74) is 22.1. The van der Waals surface area contributed by atoms with Crippen molar-refractivity contribution in [3.63, 3.8) is 0 Å². The minimum Gasteiger partial charge on any atom is -0.309 e. The van der Waals surface area contributed by atoms with Crippen LogP contribution in [0.15, 0.2) is 389 Å². The molecule has 0 N–H and O–H groups in total. The first-order valence-electron chi connectivity index (χ1n) is 36.8. The maximum Gasteiger partial charge on any atom is 0.165 e. The molecule has 7 aromatic heterocycles. The molecule has 514 valence electrons. The summed E-state index contributed by atoms with van der Waals surface area (Å²) in [5, 5.41) is 12.1. The van der Waals surface area contributed by atoms with Crippen molar-refractivity contribution in [2.45, 2.75) is 0 Å². The molecule has 0 fully saturated rings. The number of aromatic nitrogens is 10. The highest BCUT2D eigenvalue weighted by molar-refractivity contribution is 6.10. The van der Waals surface area contributed by atoms with Gasteiger partial charge < -0.3 is 9.13 Å². The topological polar surface area (TPSA) is 113 Å². The van der Waals surface area contributed by atoms with Gasteiger partial charge in [0.2, 0.25) is 0 Å². The van der Waals surface area contributed by atoms with Crippen LogP contribution in [0.5, 0.6) is 0 Å². The van der Waals surface area contributed by atoms with Crippen molar-refractivity contribution in [2.75, 3.05) is 0 Å². The van der Waals surface area contributed by atoms with Gasteiger partial charge in [-0.25, -0.2) is 24.9 Å². The smallest absolute Gasteiger partial charge is 0.165 e. The van der Waals surface area contributed by atoms with Crippen molar-refractivity contribution < 1.29 is 0 Å². The van der Waals surface area contributed by atoms with Crippen LogP contribution >= 0.6 is 0 Å². The van der Waals surface area contributed by atoms with Crippen molar-refractivity contribution in [1.29, 1.82) is 0 Å². The Morgan fingerprint density at radius 1 is 0.164 bits per heavy atom. The highest BCUT2D eigenvalue weighted by Crippen LogP contribution is 2.38. The second-order valence-corrected chi connectivity index (χ2v) is 27.5. The molecule has 110 heavy (non-hydrogen) atoms. The Hall–Kier alpha value is -15.0. The molecule has 10 nitrogen and oxygen atoms in total. The Balaban J connectivity index is 0.000000144. The van der Waals surface area contributed by atoms with E-state index < -0.39 is 0 Å². The van der Waals surface area contributed by atoms with Gasteiger partial charge >= 0.3 is 0 Å². The van der Waals surface area contributed by atoms with Crippen LogP contribution in [0.25, 0.3) is 200 Å². The van der Waals surface area contributed by atoms with Crippen molar-refractivity contribution in [3.8, 4) is 124 Å². The second kappa shape index (κ2) is 27.8. The third-order valence-electron chi connectivity index (χ3n) is 20.8. The third-order valence-corrected chi connectivity index (χ3v) is 20.8. The molecule has 0 spiro atoms. The lowest BCUT2D eigenvalue weighted by Gasteiger charge is -2.12. The van der Waals surface area contributed by atoms with Crippen molar-refractivity contribution in [3.05, 3.63) is 389 Å². The summed E-state index contributed by atoms with van der Waals surface area (Å²) in [6.45, 7) is 0. The predicted molar refractivity (Wildman–Crippen MR) is 451 cm³/mol. The van der Waals surface area contributed by atoms with Gasteiger partial charge in [-0.3, -0.25) is 15.0 Å². The standard InChI is InChI=1S/C51H32N6.C49H32N4/c1-3-11-36-29-38(19-17-33(36)9-1)45-27-23-40(31-52-45)50-54-49(35-21-25-42(26-22-35)57-47-15-7-5-13-43(47)44-14-6-8-16-48(44)57)55-51(56-50)41-24-28-46(53-32-41)39-20-18-34-10-2-4-12-37(34)30-39;1-2-10-33(11-3-1)35-18-21-37(22-19-35)49-51-45(31-46(52-49)40-26-29-44(50-32-40)39-23-20-34-12-4-5-13-38(34)30-39)36-24-27-41(28-25-36)53-47-16-8-6-14-42(47)43-15-7-9-17-48(43)53/h1-32H;1-32H. The van der Waals surface area contributed by atoms with E-state index in [1.165, 1.54) is 70.5 Å². The van der Waals surface area contributed by atoms with Crippen LogP contribution in [0.3, 0.4) is 0 Å². The average Bonchev–Trinajstić information content (AvgIpc) is 1.60. The van der Waals surface area contributed by atoms with E-state index in [9.17, 15) is 0 Å². The highest BCUT2D eigenvalue weighted by atomic mass is 15.0. The Bertz CT molecular complexity index is 6790. The Kier molecular flexibility index (Phi) is 16.3. The number of rotatable bonds is 12. The molecule has 0 unspecified atom stereocenters. The Morgan fingerprint density at radius 3 is 0.836 bits per heavy atom. The van der Waals surface area contributed by atoms with E-state index in [2.05, 4.69) is 349 Å². The SMILES string of the molecule is c1ccc(-c2ccc(-c3nc(-c4ccc(-n5c6ccccc6c6ccccc65)cc4)cc(-c4ccc(-c5ccc6ccccc6c5)nc4)n3)cc2)cc1.c1ccc2cc(-c3ccc(-c4nc(-c5ccc(-n6c7ccccc7c7ccccc76)cc5)nc(-c5ccc(-c6ccc7ccccc7c6)nc5)n4)cn3)ccc2c1. The van der Waals surface area contributed by atoms with E-state index >= 15 is 0 Å². The summed E-state index contributed by atoms with van der Waals surface area (Å²) in [4.78, 5) is 40.0. The lowest BCUT2D eigenvalue weighted by Crippen LogP contribution is -2.01. The first-order valence-corrected chi connectivity index (χ1v) is 36.8. The maximum absolute atomic E-state index is 5.15. The van der Waals surface area contributed by atoms with Gasteiger partial charge in [-0.05, 0) is 165 Å². The molecule has 0 aliphatic rings. The molecule has 7 heterocycles. The molecule has 0 atom stereocenters. The number of nitrogens with zero attached hydrogens (tertiary/aromatic N) is 10. The molecule has 10 heteroatoms. The Morgan fingerprint density at radius 2 is 0.445 bits per heavy atom. The first-order chi connectivity index (χ1) is 54.5. The predicted octanol–water partition coefficient (Wildman–Crippen LogP) is 24.9. The van der Waals surface area contributed by atoms with Crippen molar-refractivity contribution in [1.82, 2.24) is 49.0 Å². The molecule has 0 aliphatic heterocycles. The van der Waals surface area contributed by atoms with Gasteiger partial charge in [0.15, 0.2) is 23.3 Å². The fraction of sp³-hybridized carbons (Fsp3) is 0. The fourth-order valence-electron chi connectivity index (χ4n) is 15.2. The third kappa shape index (κ3) is 12.3. The number of para-hydroxylation sites is 4. The minimum absolute atomic E-state index is 0.539. The molecule has 21 aromatic rings. The molecule has 0 amide bonds. The number of hydrogen-bond donors (Lipinski definition) is 0. The first kappa shape index (κ1) is 64.6. The van der Waals surface area contributed by atoms with Crippen LogP contribution in [0, 0.1) is 0 Å². The van der Waals surface area contributed by atoms with Gasteiger partial charge in [-0.2, -0.15) is 0 Å². The number of fused-ring (bicyclic) bond motifs is 9. The summed E-state index contributed by atoms with van der Waals surface area (Å²) >= 11 is 0. The van der Waals surface area contributed by atoms with E-state index in [1.807, 2.05) is 48.9 Å². The van der Waals surface area contributed by atoms with E-state index in [4.69, 9.17) is 39.9 Å². The minimum atomic E-state index is 0.539. The molecule has 0 bridgehead atoms. The molecule has 21 rings (SSSR count). The lowest BCUT2D eigenvalue weighted by atomic mass is 10.0. The van der Waals surface area contributed by atoms with Crippen LogP contribution in [-0.2, 0) is 0 Å². The molecule has 0 aliphatic carbocycles. The molecule has 0 saturated heterocycles. The van der Waals surface area contributed by atoms with E-state index in [0.717, 1.165) is 107 Å². The highest BCUT2D eigenvalue weighted by Gasteiger charge is 2.19. The zero-order chi connectivity index (χ0) is 72.9. The molecular weight excluding hydrogens is 1340 g/mol. The monoisotopic (exact) mass is 1400 g/mol. The average molecular weight is 1410 g/mol. The van der Waals surface area contributed by atoms with Crippen LogP contribution in [0.1, 0.15) is 0 Å². The zero-order valence-electron chi connectivity index (χ0n) is 59.4.